The van der Waals surface area contributed by atoms with Crippen molar-refractivity contribution in [1.29, 1.82) is 0 Å². The lowest BCUT2D eigenvalue weighted by Gasteiger charge is -2.25. The molecule has 0 aliphatic heterocycles. The van der Waals surface area contributed by atoms with Gasteiger partial charge in [-0.15, -0.1) is 11.3 Å². The molecule has 306 valence electrons. The number of fused-ring (bicyclic) bond motifs is 11. The molecule has 0 amide bonds. The van der Waals surface area contributed by atoms with E-state index in [0.717, 1.165) is 45.5 Å². The van der Waals surface area contributed by atoms with Crippen LogP contribution in [0, 0.1) is 0 Å². The number of hydrogen-bond donors (Lipinski definition) is 0. The third-order valence-corrected chi connectivity index (χ3v) is 14.1. The van der Waals surface area contributed by atoms with Gasteiger partial charge in [0.1, 0.15) is 0 Å². The van der Waals surface area contributed by atoms with E-state index in [4.69, 9.17) is 0 Å². The fourth-order valence-corrected chi connectivity index (χ4v) is 11.4. The Morgan fingerprint density at radius 1 is 0.262 bits per heavy atom. The molecule has 4 nitrogen and oxygen atoms in total. The van der Waals surface area contributed by atoms with Gasteiger partial charge in [-0.2, -0.15) is 0 Å². The Hall–Kier alpha value is -8.38. The Morgan fingerprint density at radius 3 is 0.908 bits per heavy atom. The van der Waals surface area contributed by atoms with Gasteiger partial charge >= 0.3 is 0 Å². The number of thiophene rings is 1. The van der Waals surface area contributed by atoms with Gasteiger partial charge < -0.3 is 18.9 Å². The van der Waals surface area contributed by atoms with Crippen molar-refractivity contribution in [2.24, 2.45) is 0 Å². The van der Waals surface area contributed by atoms with E-state index >= 15 is 0 Å². The molecule has 0 bridgehead atoms. The topological polar surface area (TPSA) is 16.3 Å². The molecule has 0 N–H and O–H groups in total. The lowest BCUT2D eigenvalue weighted by molar-refractivity contribution is 1.19. The summed E-state index contributed by atoms with van der Waals surface area (Å²) in [6.07, 6.45) is 0. The summed E-state index contributed by atoms with van der Waals surface area (Å²) < 4.78 is 7.53. The van der Waals surface area contributed by atoms with Crippen molar-refractivity contribution in [3.05, 3.63) is 243 Å². The SMILES string of the molecule is c1ccc(N(c2ccccc2)c2ccc3c(c2)c2ccc4c5ccc6c7cc(N(c8ccccc8)c8ccccc8)ccc7n(-c7ccccc7)c6c5sc4c2n3-c2ccccc2)cc1. The van der Waals surface area contributed by atoms with Gasteiger partial charge in [0, 0.05) is 77.8 Å². The first-order valence-corrected chi connectivity index (χ1v) is 22.9. The smallest absolute Gasteiger partial charge is 0.0719 e. The van der Waals surface area contributed by atoms with Crippen molar-refractivity contribution in [2.75, 3.05) is 9.80 Å². The summed E-state index contributed by atoms with van der Waals surface area (Å²) in [5.74, 6) is 0. The molecule has 5 heteroatoms. The van der Waals surface area contributed by atoms with Crippen molar-refractivity contribution in [3.63, 3.8) is 0 Å². The summed E-state index contributed by atoms with van der Waals surface area (Å²) in [5.41, 5.74) is 13.8. The predicted octanol–water partition coefficient (Wildman–Crippen LogP) is 17.2. The van der Waals surface area contributed by atoms with E-state index in [1.807, 2.05) is 11.3 Å². The van der Waals surface area contributed by atoms with E-state index in [0.29, 0.717) is 0 Å². The van der Waals surface area contributed by atoms with Crippen molar-refractivity contribution in [2.45, 2.75) is 0 Å². The van der Waals surface area contributed by atoms with Crippen LogP contribution in [0.15, 0.2) is 243 Å². The fraction of sp³-hybridized carbons (Fsp3) is 0. The summed E-state index contributed by atoms with van der Waals surface area (Å²) in [7, 11) is 0. The molecule has 13 rings (SSSR count). The van der Waals surface area contributed by atoms with Crippen molar-refractivity contribution in [1.82, 2.24) is 9.13 Å². The minimum Gasteiger partial charge on any atom is -0.310 e. The molecule has 0 aliphatic carbocycles. The zero-order valence-electron chi connectivity index (χ0n) is 35.3. The maximum absolute atomic E-state index is 2.49. The second-order valence-corrected chi connectivity index (χ2v) is 17.6. The average molecular weight is 849 g/mol. The van der Waals surface area contributed by atoms with Gasteiger partial charge in [0.2, 0.25) is 0 Å². The van der Waals surface area contributed by atoms with Gasteiger partial charge in [-0.25, -0.2) is 0 Å². The Balaban J connectivity index is 1.09. The molecule has 10 aromatic carbocycles. The Labute approximate surface area is 380 Å². The van der Waals surface area contributed by atoms with E-state index in [2.05, 4.69) is 262 Å². The first kappa shape index (κ1) is 37.2. The average Bonchev–Trinajstić information content (AvgIpc) is 4.04. The highest BCUT2D eigenvalue weighted by atomic mass is 32.1. The molecule has 0 saturated carbocycles. The first-order chi connectivity index (χ1) is 32.3. The summed E-state index contributed by atoms with van der Waals surface area (Å²) in [4.78, 5) is 4.71. The standard InChI is InChI=1S/C60H40N4S/c1-7-19-41(20-8-1)61(42-21-9-2-10-22-42)47-31-37-55-53(39-47)49-33-35-51-52-36-34-50-54-40-48(62(43-23-11-3-12-24-43)44-25-13-4-14-26-44)32-38-56(54)64(46-29-17-6-18-30-46)58(50)60(52)65-59(51)57(49)63(55)45-27-15-5-16-28-45/h1-40H. The van der Waals surface area contributed by atoms with E-state index in [9.17, 15) is 0 Å². The van der Waals surface area contributed by atoms with Crippen molar-refractivity contribution in [3.8, 4) is 11.4 Å². The third kappa shape index (κ3) is 5.97. The van der Waals surface area contributed by atoms with Gasteiger partial charge in [0.25, 0.3) is 0 Å². The molecule has 65 heavy (non-hydrogen) atoms. The summed E-state index contributed by atoms with van der Waals surface area (Å²) in [6, 6.07) is 87.8. The summed E-state index contributed by atoms with van der Waals surface area (Å²) in [5, 5.41) is 7.43. The summed E-state index contributed by atoms with van der Waals surface area (Å²) >= 11 is 1.91. The minimum absolute atomic E-state index is 1.12. The van der Waals surface area contributed by atoms with Crippen molar-refractivity contribution >= 4 is 109 Å². The normalized spacial score (nSPS) is 11.7. The molecule has 0 saturated heterocycles. The van der Waals surface area contributed by atoms with Crippen molar-refractivity contribution < 1.29 is 0 Å². The predicted molar refractivity (Wildman–Crippen MR) is 277 cm³/mol. The van der Waals surface area contributed by atoms with E-state index in [1.165, 1.54) is 63.8 Å². The maximum Gasteiger partial charge on any atom is 0.0719 e. The lowest BCUT2D eigenvalue weighted by atomic mass is 10.1. The molecular formula is C60H40N4S. The number of rotatable bonds is 8. The zero-order valence-corrected chi connectivity index (χ0v) is 36.1. The van der Waals surface area contributed by atoms with Crippen LogP contribution in [0.1, 0.15) is 0 Å². The summed E-state index contributed by atoms with van der Waals surface area (Å²) in [6.45, 7) is 0. The van der Waals surface area contributed by atoms with Crippen LogP contribution in [0.25, 0.3) is 75.2 Å². The van der Waals surface area contributed by atoms with Crippen LogP contribution in [-0.2, 0) is 0 Å². The van der Waals surface area contributed by atoms with E-state index in [-0.39, 0.29) is 0 Å². The molecule has 13 aromatic rings. The molecule has 0 spiro atoms. The Morgan fingerprint density at radius 2 is 0.569 bits per heavy atom. The quantitative estimate of drug-likeness (QED) is 0.151. The monoisotopic (exact) mass is 848 g/mol. The van der Waals surface area contributed by atoms with Gasteiger partial charge in [0.15, 0.2) is 0 Å². The maximum atomic E-state index is 2.49. The highest BCUT2D eigenvalue weighted by Gasteiger charge is 2.24. The minimum atomic E-state index is 1.12. The van der Waals surface area contributed by atoms with E-state index in [1.54, 1.807) is 0 Å². The van der Waals surface area contributed by atoms with Gasteiger partial charge in [-0.05, 0) is 109 Å². The largest absolute Gasteiger partial charge is 0.310 e. The molecule has 0 unspecified atom stereocenters. The Bertz CT molecular complexity index is 3530. The Kier molecular flexibility index (Phi) is 8.68. The molecule has 3 heterocycles. The van der Waals surface area contributed by atoms with Crippen LogP contribution < -0.4 is 9.80 Å². The highest BCUT2D eigenvalue weighted by molar-refractivity contribution is 7.27. The third-order valence-electron chi connectivity index (χ3n) is 12.8. The second kappa shape index (κ2) is 15.2. The molecule has 0 aliphatic rings. The van der Waals surface area contributed by atoms with Gasteiger partial charge in [-0.1, -0.05) is 133 Å². The highest BCUT2D eigenvalue weighted by Crippen LogP contribution is 2.49. The molecule has 0 atom stereocenters. The van der Waals surface area contributed by atoms with E-state index < -0.39 is 0 Å². The molecular weight excluding hydrogens is 809 g/mol. The molecule has 0 radical (unpaired) electrons. The van der Waals surface area contributed by atoms with Crippen LogP contribution >= 0.6 is 11.3 Å². The number of aromatic nitrogens is 2. The van der Waals surface area contributed by atoms with Gasteiger partial charge in [-0.3, -0.25) is 0 Å². The molecule has 0 fully saturated rings. The van der Waals surface area contributed by atoms with Crippen LogP contribution in [0.3, 0.4) is 0 Å². The van der Waals surface area contributed by atoms with Crippen LogP contribution in [0.4, 0.5) is 34.1 Å². The second-order valence-electron chi connectivity index (χ2n) is 16.5. The lowest BCUT2D eigenvalue weighted by Crippen LogP contribution is -2.09. The van der Waals surface area contributed by atoms with Gasteiger partial charge in [0.05, 0.1) is 31.5 Å². The number of hydrogen-bond acceptors (Lipinski definition) is 3. The first-order valence-electron chi connectivity index (χ1n) is 22.1. The fourth-order valence-electron chi connectivity index (χ4n) is 10.0. The molecule has 3 aromatic heterocycles. The number of para-hydroxylation sites is 6. The number of nitrogens with zero attached hydrogens (tertiary/aromatic N) is 4. The van der Waals surface area contributed by atoms with Crippen LogP contribution in [0.2, 0.25) is 0 Å². The zero-order chi connectivity index (χ0) is 42.8. The van der Waals surface area contributed by atoms with Crippen LogP contribution in [-0.4, -0.2) is 9.13 Å². The number of benzene rings is 10. The number of anilines is 6. The van der Waals surface area contributed by atoms with Crippen LogP contribution in [0.5, 0.6) is 0 Å².